The van der Waals surface area contributed by atoms with Gasteiger partial charge in [0.05, 0.1) is 37.2 Å². The molecule has 1 aliphatic rings. The molecule has 2 aromatic carbocycles. The molecule has 12 heteroatoms. The first-order valence-corrected chi connectivity index (χ1v) is 13.5. The molecule has 10 nitrogen and oxygen atoms in total. The van der Waals surface area contributed by atoms with Crippen LogP contribution in [0.5, 0.6) is 5.75 Å². The molecule has 1 aliphatic heterocycles. The highest BCUT2D eigenvalue weighted by Gasteiger charge is 2.30. The van der Waals surface area contributed by atoms with Gasteiger partial charge < -0.3 is 34.4 Å². The van der Waals surface area contributed by atoms with E-state index in [1.807, 2.05) is 24.3 Å². The minimum Gasteiger partial charge on any atom is -0.506 e. The van der Waals surface area contributed by atoms with Crippen LogP contribution >= 0.6 is 0 Å². The molecule has 0 aromatic heterocycles. The Morgan fingerprint density at radius 1 is 1.12 bits per heavy atom. The van der Waals surface area contributed by atoms with Crippen molar-refractivity contribution in [1.82, 2.24) is 5.32 Å². The fourth-order valence-corrected chi connectivity index (χ4v) is 4.57. The van der Waals surface area contributed by atoms with Crippen LogP contribution in [-0.2, 0) is 20.8 Å². The van der Waals surface area contributed by atoms with E-state index in [0.29, 0.717) is 31.9 Å². The van der Waals surface area contributed by atoms with E-state index in [4.69, 9.17) is 14.2 Å². The number of aliphatic hydroxyl groups is 1. The predicted molar refractivity (Wildman–Crippen MR) is 157 cm³/mol. The molecule has 0 spiro atoms. The Bertz CT molecular complexity index is 1350. The lowest BCUT2D eigenvalue weighted by molar-refractivity contribution is -0.137. The Balaban J connectivity index is 2.04. The van der Waals surface area contributed by atoms with Crippen LogP contribution in [0.3, 0.4) is 0 Å². The number of methoxy groups -OCH3 is 1. The molecule has 1 fully saturated rings. The van der Waals surface area contributed by atoms with E-state index in [1.54, 1.807) is 39.7 Å². The summed E-state index contributed by atoms with van der Waals surface area (Å²) in [6, 6.07) is 8.36. The number of aliphatic hydroxyl groups excluding tert-OH is 1. The lowest BCUT2D eigenvalue weighted by Gasteiger charge is -2.38. The maximum absolute atomic E-state index is 16.2. The van der Waals surface area contributed by atoms with Crippen LogP contribution in [0, 0.1) is 11.6 Å². The highest BCUT2D eigenvalue weighted by atomic mass is 19.1. The quantitative estimate of drug-likeness (QED) is 0.185. The van der Waals surface area contributed by atoms with Crippen molar-refractivity contribution >= 4 is 35.4 Å². The molecule has 3 rings (SSSR count). The third kappa shape index (κ3) is 7.68. The summed E-state index contributed by atoms with van der Waals surface area (Å²) in [6.45, 7) is 7.75. The Morgan fingerprint density at radius 2 is 1.76 bits per heavy atom. The third-order valence-corrected chi connectivity index (χ3v) is 6.38. The second-order valence-electron chi connectivity index (χ2n) is 10.4. The summed E-state index contributed by atoms with van der Waals surface area (Å²) in [7, 11) is 2.94. The van der Waals surface area contributed by atoms with E-state index in [1.165, 1.54) is 7.05 Å². The number of alkyl carbamates (subject to hydrolysis) is 1. The number of carbonyl (C=O) groups is 2. The Labute approximate surface area is 244 Å². The first kappa shape index (κ1) is 32.2. The van der Waals surface area contributed by atoms with Crippen molar-refractivity contribution in [2.45, 2.75) is 39.8 Å². The first-order valence-electron chi connectivity index (χ1n) is 13.5. The molecular weight excluding hydrogens is 550 g/mol. The summed E-state index contributed by atoms with van der Waals surface area (Å²) in [5.74, 6) is -2.96. The molecule has 0 atom stereocenters. The van der Waals surface area contributed by atoms with Crippen molar-refractivity contribution in [2.24, 2.45) is 4.99 Å². The molecule has 0 aliphatic carbocycles. The van der Waals surface area contributed by atoms with Gasteiger partial charge >= 0.3 is 12.1 Å². The number of para-hydroxylation sites is 2. The van der Waals surface area contributed by atoms with Gasteiger partial charge in [-0.15, -0.1) is 0 Å². The van der Waals surface area contributed by atoms with Crippen molar-refractivity contribution < 1.29 is 37.7 Å². The molecule has 1 saturated heterocycles. The fraction of sp³-hybridized carbons (Fsp3) is 0.433. The molecule has 0 radical (unpaired) electrons. The summed E-state index contributed by atoms with van der Waals surface area (Å²) in [5, 5.41) is 13.4. The van der Waals surface area contributed by atoms with Gasteiger partial charge in [-0.3, -0.25) is 4.99 Å². The second kappa shape index (κ2) is 14.0. The maximum Gasteiger partial charge on any atom is 0.407 e. The van der Waals surface area contributed by atoms with Crippen LogP contribution in [0.15, 0.2) is 40.9 Å². The van der Waals surface area contributed by atoms with E-state index in [0.717, 1.165) is 18.0 Å². The first-order chi connectivity index (χ1) is 19.9. The van der Waals surface area contributed by atoms with Gasteiger partial charge in [-0.05, 0) is 45.9 Å². The molecule has 0 saturated carbocycles. The highest BCUT2D eigenvalue weighted by Crippen LogP contribution is 2.35. The minimum atomic E-state index is -1.02. The van der Waals surface area contributed by atoms with Crippen molar-refractivity contribution in [3.63, 3.8) is 0 Å². The average molecular weight is 589 g/mol. The van der Waals surface area contributed by atoms with Gasteiger partial charge in [-0.2, -0.15) is 0 Å². The molecule has 1 heterocycles. The molecular formula is C30H38F2N4O6. The largest absolute Gasteiger partial charge is 0.506 e. The molecule has 2 N–H and O–H groups in total. The number of ether oxygens (including phenoxy) is 3. The number of aliphatic imine (C=N–C) groups is 1. The van der Waals surface area contributed by atoms with Gasteiger partial charge in [-0.25, -0.2) is 18.4 Å². The van der Waals surface area contributed by atoms with E-state index in [9.17, 15) is 14.7 Å². The van der Waals surface area contributed by atoms with Gasteiger partial charge in [0, 0.05) is 45.0 Å². The number of piperazine rings is 1. The van der Waals surface area contributed by atoms with Crippen molar-refractivity contribution in [3.8, 4) is 5.75 Å². The number of benzene rings is 2. The zero-order valence-corrected chi connectivity index (χ0v) is 24.8. The summed E-state index contributed by atoms with van der Waals surface area (Å²) >= 11 is 0. The topological polar surface area (TPSA) is 113 Å². The molecule has 228 valence electrons. The van der Waals surface area contributed by atoms with Crippen molar-refractivity contribution in [1.29, 1.82) is 0 Å². The Kier molecular flexibility index (Phi) is 10.7. The number of rotatable bonds is 9. The zero-order chi connectivity index (χ0) is 31.0. The molecule has 0 bridgehead atoms. The standard InChI is InChI=1S/C30H38F2N4O6/c1-7-41-28(38)21(17-33-5)27(37)19-16-22(31)26(20(25(19)32)18-34-29(39)42-30(2,3)4)36-14-12-35(13-15-36)23-10-8-9-11-24(23)40-6/h8-11,16-17,37H,7,12-15,18H2,1-6H3,(H,34,39). The normalized spacial score (nSPS) is 14.5. The number of nitrogens with zero attached hydrogens (tertiary/aromatic N) is 3. The summed E-state index contributed by atoms with van der Waals surface area (Å²) < 4.78 is 47.8. The number of nitrogens with one attached hydrogen (secondary N) is 1. The Hall–Kier alpha value is -4.35. The van der Waals surface area contributed by atoms with Gasteiger partial charge in [0.15, 0.2) is 0 Å². The molecule has 1 amide bonds. The van der Waals surface area contributed by atoms with Crippen LogP contribution in [0.2, 0.25) is 0 Å². The zero-order valence-electron chi connectivity index (χ0n) is 24.8. The third-order valence-electron chi connectivity index (χ3n) is 6.38. The lowest BCUT2D eigenvalue weighted by Crippen LogP contribution is -2.47. The molecule has 2 aromatic rings. The summed E-state index contributed by atoms with van der Waals surface area (Å²) in [6.07, 6.45) is 0.179. The number of hydrogen-bond donors (Lipinski definition) is 2. The number of halogens is 2. The summed E-state index contributed by atoms with van der Waals surface area (Å²) in [5.41, 5.74) is -1.24. The smallest absolute Gasteiger partial charge is 0.407 e. The maximum atomic E-state index is 16.2. The fourth-order valence-electron chi connectivity index (χ4n) is 4.57. The van der Waals surface area contributed by atoms with Crippen LogP contribution < -0.4 is 19.9 Å². The minimum absolute atomic E-state index is 0.00512. The Morgan fingerprint density at radius 3 is 2.36 bits per heavy atom. The van der Waals surface area contributed by atoms with Crippen LogP contribution in [-0.4, -0.2) is 75.9 Å². The molecule has 42 heavy (non-hydrogen) atoms. The highest BCUT2D eigenvalue weighted by molar-refractivity contribution is 6.15. The van der Waals surface area contributed by atoms with E-state index in [2.05, 4.69) is 15.2 Å². The van der Waals surface area contributed by atoms with Crippen molar-refractivity contribution in [2.75, 3.05) is 56.7 Å². The van der Waals surface area contributed by atoms with E-state index >= 15 is 8.78 Å². The van der Waals surface area contributed by atoms with Gasteiger partial charge in [-0.1, -0.05) is 12.1 Å². The van der Waals surface area contributed by atoms with Gasteiger partial charge in [0.2, 0.25) is 0 Å². The van der Waals surface area contributed by atoms with E-state index < -0.39 is 52.7 Å². The number of esters is 1. The van der Waals surface area contributed by atoms with Crippen LogP contribution in [0.25, 0.3) is 5.76 Å². The molecule has 0 unspecified atom stereocenters. The van der Waals surface area contributed by atoms with Gasteiger partial charge in [0.25, 0.3) is 0 Å². The number of hydrogen-bond acceptors (Lipinski definition) is 9. The van der Waals surface area contributed by atoms with Gasteiger partial charge in [0.1, 0.15) is 34.3 Å². The SMILES string of the molecule is CCOC(=O)C(C=NC)=C(O)c1cc(F)c(N2CCN(c3ccccc3OC)CC2)c(CNC(=O)OC(C)(C)C)c1F. The summed E-state index contributed by atoms with van der Waals surface area (Å²) in [4.78, 5) is 32.4. The van der Waals surface area contributed by atoms with Crippen LogP contribution in [0.4, 0.5) is 25.0 Å². The van der Waals surface area contributed by atoms with Crippen molar-refractivity contribution in [3.05, 3.63) is 58.7 Å². The second-order valence-corrected chi connectivity index (χ2v) is 10.4. The predicted octanol–water partition coefficient (Wildman–Crippen LogP) is 4.86. The monoisotopic (exact) mass is 588 g/mol. The van der Waals surface area contributed by atoms with E-state index in [-0.39, 0.29) is 17.9 Å². The van der Waals surface area contributed by atoms with Crippen LogP contribution in [0.1, 0.15) is 38.8 Å². The average Bonchev–Trinajstić information content (AvgIpc) is 2.95. The number of amides is 1. The lowest BCUT2D eigenvalue weighted by atomic mass is 10.0. The number of anilines is 2. The number of carbonyl (C=O) groups excluding carboxylic acids is 2.